The van der Waals surface area contributed by atoms with E-state index in [2.05, 4.69) is 0 Å². The first-order chi connectivity index (χ1) is 9.13. The molecule has 4 N–H and O–H groups in total. The number of benzene rings is 1. The minimum Gasteiger partial charge on any atom is -0.394 e. The van der Waals surface area contributed by atoms with Crippen LogP contribution in [0.4, 0.5) is 0 Å². The Balaban J connectivity index is 2.00. The Bertz CT molecular complexity index is 384. The lowest BCUT2D eigenvalue weighted by Gasteiger charge is -2.39. The maximum atomic E-state index is 9.91. The van der Waals surface area contributed by atoms with Crippen molar-refractivity contribution in [1.82, 2.24) is 0 Å². The highest BCUT2D eigenvalue weighted by atomic mass is 16.6. The zero-order valence-corrected chi connectivity index (χ0v) is 10.3. The molecule has 0 aromatic heterocycles. The Morgan fingerprint density at radius 2 is 1.74 bits per heavy atom. The first kappa shape index (κ1) is 14.4. The third kappa shape index (κ3) is 3.30. The molecule has 106 valence electrons. The second kappa shape index (κ2) is 6.42. The first-order valence-electron chi connectivity index (χ1n) is 6.09. The number of aliphatic hydroxyl groups is 4. The van der Waals surface area contributed by atoms with E-state index < -0.39 is 37.3 Å². The smallest absolute Gasteiger partial charge is 0.184 e. The number of aliphatic hydroxyl groups excluding tert-OH is 4. The van der Waals surface area contributed by atoms with Gasteiger partial charge in [-0.05, 0) is 5.56 Å². The zero-order chi connectivity index (χ0) is 13.8. The third-order valence-electron chi connectivity index (χ3n) is 3.13. The molecule has 19 heavy (non-hydrogen) atoms. The highest BCUT2D eigenvalue weighted by Crippen LogP contribution is 2.23. The monoisotopic (exact) mass is 270 g/mol. The van der Waals surface area contributed by atoms with Crippen molar-refractivity contribution in [3.8, 4) is 0 Å². The van der Waals surface area contributed by atoms with Gasteiger partial charge in [-0.15, -0.1) is 0 Å². The molecule has 5 atom stereocenters. The minimum absolute atomic E-state index is 0.185. The van der Waals surface area contributed by atoms with E-state index in [9.17, 15) is 15.3 Å². The number of rotatable bonds is 4. The molecule has 1 aliphatic rings. The van der Waals surface area contributed by atoms with Crippen molar-refractivity contribution < 1.29 is 29.9 Å². The summed E-state index contributed by atoms with van der Waals surface area (Å²) in [6.45, 7) is -0.277. The largest absolute Gasteiger partial charge is 0.394 e. The van der Waals surface area contributed by atoms with E-state index in [1.165, 1.54) is 0 Å². The van der Waals surface area contributed by atoms with Crippen molar-refractivity contribution in [1.29, 1.82) is 0 Å². The number of hydrogen-bond acceptors (Lipinski definition) is 6. The highest BCUT2D eigenvalue weighted by Gasteiger charge is 2.44. The Morgan fingerprint density at radius 1 is 1.05 bits per heavy atom. The van der Waals surface area contributed by atoms with E-state index in [1.54, 1.807) is 0 Å². The van der Waals surface area contributed by atoms with E-state index in [0.29, 0.717) is 0 Å². The maximum Gasteiger partial charge on any atom is 0.184 e. The molecule has 1 heterocycles. The Morgan fingerprint density at radius 3 is 2.37 bits per heavy atom. The van der Waals surface area contributed by atoms with Gasteiger partial charge in [0.05, 0.1) is 13.2 Å². The third-order valence-corrected chi connectivity index (χ3v) is 3.13. The summed E-state index contributed by atoms with van der Waals surface area (Å²) in [5, 5.41) is 38.2. The molecule has 1 aromatic rings. The fraction of sp³-hybridized carbons (Fsp3) is 0.538. The van der Waals surface area contributed by atoms with Crippen LogP contribution < -0.4 is 0 Å². The summed E-state index contributed by atoms with van der Waals surface area (Å²) in [6, 6.07) is 9.26. The van der Waals surface area contributed by atoms with Crippen LogP contribution in [-0.4, -0.2) is 57.7 Å². The molecular weight excluding hydrogens is 252 g/mol. The lowest BCUT2D eigenvalue weighted by Crippen LogP contribution is -2.59. The SMILES string of the molecule is OC[C@H]1OC(O)[C@@H](O)[C@@H](OCc2ccccc2)[C@@H]1O. The Labute approximate surface area is 110 Å². The van der Waals surface area contributed by atoms with Gasteiger partial charge in [0.2, 0.25) is 0 Å². The summed E-state index contributed by atoms with van der Waals surface area (Å²) in [7, 11) is 0. The van der Waals surface area contributed by atoms with Gasteiger partial charge in [-0.3, -0.25) is 0 Å². The van der Waals surface area contributed by atoms with Crippen molar-refractivity contribution in [3.63, 3.8) is 0 Å². The van der Waals surface area contributed by atoms with E-state index in [-0.39, 0.29) is 6.61 Å². The van der Waals surface area contributed by atoms with Crippen molar-refractivity contribution in [3.05, 3.63) is 35.9 Å². The number of ether oxygens (including phenoxy) is 2. The van der Waals surface area contributed by atoms with Crippen molar-refractivity contribution in [2.45, 2.75) is 37.3 Å². The van der Waals surface area contributed by atoms with E-state index in [0.717, 1.165) is 5.56 Å². The van der Waals surface area contributed by atoms with Gasteiger partial charge in [-0.1, -0.05) is 30.3 Å². The quantitative estimate of drug-likeness (QED) is 0.560. The summed E-state index contributed by atoms with van der Waals surface area (Å²) >= 11 is 0. The second-order valence-corrected chi connectivity index (χ2v) is 4.49. The molecule has 6 nitrogen and oxygen atoms in total. The Hall–Kier alpha value is -1.02. The topological polar surface area (TPSA) is 99.4 Å². The first-order valence-corrected chi connectivity index (χ1v) is 6.09. The summed E-state index contributed by atoms with van der Waals surface area (Å²) in [6.07, 6.45) is -6.03. The molecule has 6 heteroatoms. The molecule has 2 rings (SSSR count). The van der Waals surface area contributed by atoms with Crippen LogP contribution in [0.15, 0.2) is 30.3 Å². The fourth-order valence-electron chi connectivity index (χ4n) is 2.03. The molecule has 1 fully saturated rings. The van der Waals surface area contributed by atoms with Gasteiger partial charge >= 0.3 is 0 Å². The summed E-state index contributed by atoms with van der Waals surface area (Å²) < 4.78 is 10.3. The molecule has 1 unspecified atom stereocenters. The van der Waals surface area contributed by atoms with Crippen LogP contribution in [0.5, 0.6) is 0 Å². The van der Waals surface area contributed by atoms with Gasteiger partial charge in [0.15, 0.2) is 6.29 Å². The average Bonchev–Trinajstić information content (AvgIpc) is 2.44. The zero-order valence-electron chi connectivity index (χ0n) is 10.3. The van der Waals surface area contributed by atoms with Crippen LogP contribution in [0, 0.1) is 0 Å². The highest BCUT2D eigenvalue weighted by molar-refractivity contribution is 5.13. The fourth-order valence-corrected chi connectivity index (χ4v) is 2.03. The van der Waals surface area contributed by atoms with Crippen molar-refractivity contribution >= 4 is 0 Å². The number of hydrogen-bond donors (Lipinski definition) is 4. The molecule has 0 saturated carbocycles. The Kier molecular flexibility index (Phi) is 4.87. The van der Waals surface area contributed by atoms with E-state index in [1.807, 2.05) is 30.3 Å². The van der Waals surface area contributed by atoms with Crippen LogP contribution in [0.2, 0.25) is 0 Å². The van der Waals surface area contributed by atoms with E-state index >= 15 is 0 Å². The lowest BCUT2D eigenvalue weighted by molar-refractivity contribution is -0.296. The van der Waals surface area contributed by atoms with Crippen LogP contribution >= 0.6 is 0 Å². The standard InChI is InChI=1S/C13H18O6/c14-6-9-10(15)12(11(16)13(17)19-9)18-7-8-4-2-1-3-5-8/h1-5,9-17H,6-7H2/t9-,10-,11+,12+,13?/m1/s1. The van der Waals surface area contributed by atoms with Crippen molar-refractivity contribution in [2.24, 2.45) is 0 Å². The van der Waals surface area contributed by atoms with Crippen LogP contribution in [0.25, 0.3) is 0 Å². The molecule has 1 aromatic carbocycles. The van der Waals surface area contributed by atoms with Gasteiger partial charge in [0, 0.05) is 0 Å². The van der Waals surface area contributed by atoms with Gasteiger partial charge in [0.1, 0.15) is 24.4 Å². The van der Waals surface area contributed by atoms with Crippen LogP contribution in [0.3, 0.4) is 0 Å². The molecule has 1 aliphatic heterocycles. The molecule has 1 saturated heterocycles. The molecular formula is C13H18O6. The lowest BCUT2D eigenvalue weighted by atomic mass is 9.99. The molecule has 0 spiro atoms. The minimum atomic E-state index is -1.48. The molecule has 0 bridgehead atoms. The summed E-state index contributed by atoms with van der Waals surface area (Å²) in [5.41, 5.74) is 0.878. The summed E-state index contributed by atoms with van der Waals surface area (Å²) in [5.74, 6) is 0. The maximum absolute atomic E-state index is 9.91. The van der Waals surface area contributed by atoms with Gasteiger partial charge < -0.3 is 29.9 Å². The average molecular weight is 270 g/mol. The van der Waals surface area contributed by atoms with Crippen molar-refractivity contribution in [2.75, 3.05) is 6.61 Å². The second-order valence-electron chi connectivity index (χ2n) is 4.49. The van der Waals surface area contributed by atoms with Gasteiger partial charge in [-0.25, -0.2) is 0 Å². The van der Waals surface area contributed by atoms with Crippen LogP contribution in [-0.2, 0) is 16.1 Å². The van der Waals surface area contributed by atoms with Gasteiger partial charge in [0.25, 0.3) is 0 Å². The molecule has 0 aliphatic carbocycles. The van der Waals surface area contributed by atoms with Gasteiger partial charge in [-0.2, -0.15) is 0 Å². The molecule has 0 amide bonds. The predicted octanol–water partition coefficient (Wildman–Crippen LogP) is -0.997. The molecule has 0 radical (unpaired) electrons. The summed E-state index contributed by atoms with van der Waals surface area (Å²) in [4.78, 5) is 0. The van der Waals surface area contributed by atoms with E-state index in [4.69, 9.17) is 14.6 Å². The van der Waals surface area contributed by atoms with Crippen LogP contribution in [0.1, 0.15) is 5.56 Å². The predicted molar refractivity (Wildman–Crippen MR) is 65.0 cm³/mol. The normalized spacial score (nSPS) is 35.3.